The summed E-state index contributed by atoms with van der Waals surface area (Å²) in [4.78, 5) is 35.6. The van der Waals surface area contributed by atoms with Gasteiger partial charge in [-0.1, -0.05) is 25.8 Å². The highest BCUT2D eigenvalue weighted by molar-refractivity contribution is 14.1. The predicted octanol–water partition coefficient (Wildman–Crippen LogP) is 3.50. The number of halogens is 1. The number of hydrogen-bond acceptors (Lipinski definition) is 5. The second-order valence-electron chi connectivity index (χ2n) is 7.85. The van der Waals surface area contributed by atoms with Gasteiger partial charge in [0.25, 0.3) is 0 Å². The minimum Gasteiger partial charge on any atom is -0.481 e. The molecule has 0 saturated carbocycles. The van der Waals surface area contributed by atoms with Gasteiger partial charge in [0.05, 0.1) is 3.57 Å². The summed E-state index contributed by atoms with van der Waals surface area (Å²) in [7, 11) is 0. The lowest BCUT2D eigenvalue weighted by Gasteiger charge is -2.23. The zero-order chi connectivity index (χ0) is 22.7. The van der Waals surface area contributed by atoms with Crippen LogP contribution >= 0.6 is 22.6 Å². The third kappa shape index (κ3) is 10.7. The lowest BCUT2D eigenvalue weighted by atomic mass is 10.0. The number of benzene rings is 1. The normalized spacial score (nSPS) is 12.0. The van der Waals surface area contributed by atoms with Crippen LogP contribution in [0.15, 0.2) is 18.2 Å². The first-order valence-electron chi connectivity index (χ1n) is 9.92. The molecule has 1 aromatic rings. The topological polar surface area (TPSA) is 114 Å². The number of rotatable bonds is 11. The molecule has 168 valence electrons. The van der Waals surface area contributed by atoms with Gasteiger partial charge in [0.1, 0.15) is 17.4 Å². The molecule has 0 fully saturated rings. The highest BCUT2D eigenvalue weighted by atomic mass is 127. The van der Waals surface area contributed by atoms with Gasteiger partial charge in [0, 0.05) is 13.0 Å². The maximum Gasteiger partial charge on any atom is 0.408 e. The molecule has 0 saturated heterocycles. The molecule has 30 heavy (non-hydrogen) atoms. The van der Waals surface area contributed by atoms with Gasteiger partial charge in [-0.15, -0.1) is 0 Å². The zero-order valence-electron chi connectivity index (χ0n) is 17.9. The van der Waals surface area contributed by atoms with Crippen LogP contribution in [0.5, 0.6) is 5.75 Å². The third-order valence-electron chi connectivity index (χ3n) is 3.87. The molecule has 0 aliphatic carbocycles. The van der Waals surface area contributed by atoms with Crippen LogP contribution in [0.3, 0.4) is 0 Å². The van der Waals surface area contributed by atoms with E-state index in [0.717, 1.165) is 24.8 Å². The number of nitrogens with one attached hydrogen (secondary N) is 2. The maximum absolute atomic E-state index is 12.7. The van der Waals surface area contributed by atoms with Crippen molar-refractivity contribution in [1.82, 2.24) is 10.6 Å². The van der Waals surface area contributed by atoms with Crippen molar-refractivity contribution in [2.75, 3.05) is 13.2 Å². The highest BCUT2D eigenvalue weighted by Crippen LogP contribution is 2.23. The third-order valence-corrected chi connectivity index (χ3v) is 4.72. The Morgan fingerprint density at radius 1 is 1.20 bits per heavy atom. The van der Waals surface area contributed by atoms with E-state index in [-0.39, 0.29) is 12.3 Å². The van der Waals surface area contributed by atoms with Crippen molar-refractivity contribution >= 4 is 40.6 Å². The first-order valence-corrected chi connectivity index (χ1v) is 11.0. The van der Waals surface area contributed by atoms with Crippen molar-refractivity contribution in [3.8, 4) is 5.75 Å². The van der Waals surface area contributed by atoms with E-state index in [0.29, 0.717) is 15.9 Å². The van der Waals surface area contributed by atoms with Crippen LogP contribution in [0.25, 0.3) is 0 Å². The van der Waals surface area contributed by atoms with E-state index in [2.05, 4.69) is 17.6 Å². The molecule has 0 aromatic heterocycles. The smallest absolute Gasteiger partial charge is 0.408 e. The van der Waals surface area contributed by atoms with Gasteiger partial charge in [-0.2, -0.15) is 0 Å². The molecule has 0 bridgehead atoms. The molecule has 0 aliphatic heterocycles. The van der Waals surface area contributed by atoms with Crippen molar-refractivity contribution < 1.29 is 29.0 Å². The Labute approximate surface area is 191 Å². The lowest BCUT2D eigenvalue weighted by molar-refractivity contribution is -0.139. The summed E-state index contributed by atoms with van der Waals surface area (Å²) in [5, 5.41) is 14.3. The SMILES string of the molecule is CCCCCNC(=O)[C@H](Cc1ccc(OCC(=O)O)c(I)c1)NC(=O)OC(C)(C)C. The van der Waals surface area contributed by atoms with Gasteiger partial charge in [0.2, 0.25) is 5.91 Å². The maximum atomic E-state index is 12.7. The molecule has 2 amide bonds. The summed E-state index contributed by atoms with van der Waals surface area (Å²) in [6.07, 6.45) is 2.53. The minimum atomic E-state index is -1.06. The summed E-state index contributed by atoms with van der Waals surface area (Å²) in [5.74, 6) is -0.892. The average Bonchev–Trinajstić information content (AvgIpc) is 2.62. The summed E-state index contributed by atoms with van der Waals surface area (Å²) in [5.41, 5.74) is 0.122. The molecule has 1 rings (SSSR count). The van der Waals surface area contributed by atoms with Crippen molar-refractivity contribution in [3.05, 3.63) is 27.3 Å². The number of amides is 2. The predicted molar refractivity (Wildman–Crippen MR) is 122 cm³/mol. The van der Waals surface area contributed by atoms with Crippen LogP contribution in [0.2, 0.25) is 0 Å². The van der Waals surface area contributed by atoms with Gasteiger partial charge in [-0.05, 0) is 67.5 Å². The van der Waals surface area contributed by atoms with E-state index in [1.54, 1.807) is 39.0 Å². The molecule has 0 unspecified atom stereocenters. The van der Waals surface area contributed by atoms with Crippen molar-refractivity contribution in [2.24, 2.45) is 0 Å². The number of alkyl carbamates (subject to hydrolysis) is 1. The molecule has 1 aromatic carbocycles. The molecule has 0 aliphatic rings. The van der Waals surface area contributed by atoms with E-state index in [1.165, 1.54) is 0 Å². The van der Waals surface area contributed by atoms with Crippen molar-refractivity contribution in [1.29, 1.82) is 0 Å². The Balaban J connectivity index is 2.87. The summed E-state index contributed by atoms with van der Waals surface area (Å²) in [6, 6.07) is 4.39. The Morgan fingerprint density at radius 3 is 2.47 bits per heavy atom. The molecule has 1 atom stereocenters. The van der Waals surface area contributed by atoms with Gasteiger partial charge < -0.3 is 25.2 Å². The molecule has 9 heteroatoms. The monoisotopic (exact) mass is 534 g/mol. The lowest BCUT2D eigenvalue weighted by Crippen LogP contribution is -2.49. The average molecular weight is 534 g/mol. The van der Waals surface area contributed by atoms with Crippen molar-refractivity contribution in [3.63, 3.8) is 0 Å². The summed E-state index contributed by atoms with van der Waals surface area (Å²) < 4.78 is 11.2. The van der Waals surface area contributed by atoms with Crippen LogP contribution in [-0.2, 0) is 20.7 Å². The first-order chi connectivity index (χ1) is 14.0. The molecular formula is C21H31IN2O6. The fourth-order valence-electron chi connectivity index (χ4n) is 2.53. The molecule has 0 radical (unpaired) electrons. The second kappa shape index (κ2) is 12.6. The number of carboxylic acids is 1. The quantitative estimate of drug-likeness (QED) is 0.296. The second-order valence-corrected chi connectivity index (χ2v) is 9.01. The van der Waals surface area contributed by atoms with E-state index in [1.807, 2.05) is 22.6 Å². The van der Waals surface area contributed by atoms with E-state index in [4.69, 9.17) is 14.6 Å². The van der Waals surface area contributed by atoms with E-state index in [9.17, 15) is 14.4 Å². The molecule has 3 N–H and O–H groups in total. The highest BCUT2D eigenvalue weighted by Gasteiger charge is 2.25. The fourth-order valence-corrected chi connectivity index (χ4v) is 3.27. The van der Waals surface area contributed by atoms with E-state index < -0.39 is 30.3 Å². The molecular weight excluding hydrogens is 503 g/mol. The fraction of sp³-hybridized carbons (Fsp3) is 0.571. The van der Waals surface area contributed by atoms with Crippen LogP contribution in [-0.4, -0.2) is 47.9 Å². The Bertz CT molecular complexity index is 733. The Kier molecular flexibility index (Phi) is 10.9. The van der Waals surface area contributed by atoms with Gasteiger partial charge in [-0.3, -0.25) is 4.79 Å². The number of carboxylic acid groups (broad SMARTS) is 1. The van der Waals surface area contributed by atoms with Crippen LogP contribution in [0.1, 0.15) is 52.5 Å². The number of unbranched alkanes of at least 4 members (excludes halogenated alkanes) is 2. The molecule has 0 heterocycles. The zero-order valence-corrected chi connectivity index (χ0v) is 20.1. The van der Waals surface area contributed by atoms with Gasteiger partial charge >= 0.3 is 12.1 Å². The largest absolute Gasteiger partial charge is 0.481 e. The van der Waals surface area contributed by atoms with Crippen LogP contribution < -0.4 is 15.4 Å². The first kappa shape index (κ1) is 26.0. The Hall–Kier alpha value is -2.04. The standard InChI is InChI=1S/C21H31IN2O6/c1-5-6-7-10-23-19(27)16(24-20(28)30-21(2,3)4)12-14-8-9-17(15(22)11-14)29-13-18(25)26/h8-9,11,16H,5-7,10,12-13H2,1-4H3,(H,23,27)(H,24,28)(H,25,26)/t16-/m0/s1. The Morgan fingerprint density at radius 2 is 1.90 bits per heavy atom. The number of ether oxygens (including phenoxy) is 2. The summed E-state index contributed by atoms with van der Waals surface area (Å²) >= 11 is 2.04. The van der Waals surface area contributed by atoms with Gasteiger partial charge in [0.15, 0.2) is 6.61 Å². The molecule has 0 spiro atoms. The number of aliphatic carboxylic acids is 1. The summed E-state index contributed by atoms with van der Waals surface area (Å²) in [6.45, 7) is 7.46. The van der Waals surface area contributed by atoms with Gasteiger partial charge in [-0.25, -0.2) is 9.59 Å². The van der Waals surface area contributed by atoms with Crippen LogP contribution in [0.4, 0.5) is 4.79 Å². The minimum absolute atomic E-state index is 0.258. The van der Waals surface area contributed by atoms with E-state index >= 15 is 0 Å². The van der Waals surface area contributed by atoms with Crippen molar-refractivity contribution in [2.45, 2.75) is 65.0 Å². The number of carbonyl (C=O) groups excluding carboxylic acids is 2. The number of hydrogen-bond donors (Lipinski definition) is 3. The number of carbonyl (C=O) groups is 3. The molecule has 8 nitrogen and oxygen atoms in total. The van der Waals surface area contributed by atoms with Crippen LogP contribution in [0, 0.1) is 3.57 Å².